The van der Waals surface area contributed by atoms with Gasteiger partial charge in [0.25, 0.3) is 0 Å². The normalized spacial score (nSPS) is 21.5. The Morgan fingerprint density at radius 2 is 2.00 bits per heavy atom. The molecule has 0 amide bonds. The van der Waals surface area contributed by atoms with Crippen LogP contribution in [0, 0.1) is 0 Å². The number of pyridine rings is 1. The minimum Gasteiger partial charge on any atom is -0.495 e. The van der Waals surface area contributed by atoms with Crippen molar-refractivity contribution in [3.8, 4) is 5.75 Å². The third-order valence-corrected chi connectivity index (χ3v) is 6.95. The molecule has 31 heavy (non-hydrogen) atoms. The van der Waals surface area contributed by atoms with E-state index in [1.54, 1.807) is 7.11 Å². The van der Waals surface area contributed by atoms with Crippen molar-refractivity contribution in [2.75, 3.05) is 12.0 Å². The smallest absolute Gasteiger partial charge is 0.174 e. The van der Waals surface area contributed by atoms with Gasteiger partial charge in [0.15, 0.2) is 5.11 Å². The largest absolute Gasteiger partial charge is 0.495 e. The lowest BCUT2D eigenvalue weighted by Crippen LogP contribution is -2.29. The maximum absolute atomic E-state index is 6.46. The summed E-state index contributed by atoms with van der Waals surface area (Å²) in [5.41, 5.74) is 3.10. The van der Waals surface area contributed by atoms with Gasteiger partial charge in [-0.3, -0.25) is 4.98 Å². The van der Waals surface area contributed by atoms with Crippen molar-refractivity contribution < 1.29 is 4.74 Å². The highest BCUT2D eigenvalue weighted by molar-refractivity contribution is 7.80. The monoisotopic (exact) mass is 452 g/mol. The summed E-state index contributed by atoms with van der Waals surface area (Å²) < 4.78 is 7.71. The molecular weight excluding hydrogens is 428 g/mol. The van der Waals surface area contributed by atoms with Crippen LogP contribution in [0.2, 0.25) is 5.02 Å². The molecule has 1 saturated heterocycles. The fraction of sp³-hybridized carbons (Fsp3) is 0.333. The van der Waals surface area contributed by atoms with E-state index >= 15 is 0 Å². The molecule has 0 spiro atoms. The van der Waals surface area contributed by atoms with Gasteiger partial charge in [-0.2, -0.15) is 0 Å². The first-order chi connectivity index (χ1) is 15.2. The van der Waals surface area contributed by atoms with Gasteiger partial charge in [0.1, 0.15) is 5.75 Å². The molecule has 2 fully saturated rings. The number of benzene rings is 1. The molecule has 2 aromatic heterocycles. The molecule has 7 heteroatoms. The molecule has 1 aliphatic carbocycles. The zero-order chi connectivity index (χ0) is 21.4. The van der Waals surface area contributed by atoms with Crippen LogP contribution in [0.4, 0.5) is 5.69 Å². The third-order valence-electron chi connectivity index (χ3n) is 6.34. The van der Waals surface area contributed by atoms with Crippen molar-refractivity contribution in [3.63, 3.8) is 0 Å². The second-order valence-corrected chi connectivity index (χ2v) is 8.94. The van der Waals surface area contributed by atoms with E-state index in [0.29, 0.717) is 21.9 Å². The van der Waals surface area contributed by atoms with Gasteiger partial charge in [0, 0.05) is 30.3 Å². The van der Waals surface area contributed by atoms with Crippen LogP contribution >= 0.6 is 23.8 Å². The quantitative estimate of drug-likeness (QED) is 0.493. The summed E-state index contributed by atoms with van der Waals surface area (Å²) >= 11 is 12.3. The van der Waals surface area contributed by atoms with Gasteiger partial charge in [0.2, 0.25) is 0 Å². The topological polar surface area (TPSA) is 42.3 Å². The molecule has 1 N–H and O–H groups in total. The number of halogens is 1. The maximum Gasteiger partial charge on any atom is 0.174 e. The molecule has 5 rings (SSSR count). The molecule has 2 unspecified atom stereocenters. The number of aromatic nitrogens is 2. The fourth-order valence-corrected chi connectivity index (χ4v) is 5.41. The van der Waals surface area contributed by atoms with Crippen LogP contribution in [0.1, 0.15) is 55.1 Å². The average Bonchev–Trinajstić information content (AvgIpc) is 3.53. The summed E-state index contributed by atoms with van der Waals surface area (Å²) in [5.74, 6) is 0.647. The van der Waals surface area contributed by atoms with E-state index in [1.165, 1.54) is 31.2 Å². The van der Waals surface area contributed by atoms with E-state index in [0.717, 1.165) is 11.4 Å². The third kappa shape index (κ3) is 3.79. The van der Waals surface area contributed by atoms with Crippen LogP contribution in [0.15, 0.2) is 61.1 Å². The van der Waals surface area contributed by atoms with Gasteiger partial charge in [-0.15, -0.1) is 0 Å². The number of nitrogens with one attached hydrogen (secondary N) is 1. The number of rotatable bonds is 5. The van der Waals surface area contributed by atoms with Crippen LogP contribution in [-0.2, 0) is 0 Å². The molecule has 5 nitrogen and oxygen atoms in total. The van der Waals surface area contributed by atoms with Crippen LogP contribution in [0.25, 0.3) is 0 Å². The van der Waals surface area contributed by atoms with Gasteiger partial charge in [0.05, 0.1) is 29.9 Å². The fourth-order valence-electron chi connectivity index (χ4n) is 4.81. The lowest BCUT2D eigenvalue weighted by Gasteiger charge is -2.27. The Bertz CT molecular complexity index is 1080. The Balaban J connectivity index is 1.57. The number of anilines is 1. The highest BCUT2D eigenvalue weighted by Gasteiger charge is 2.41. The van der Waals surface area contributed by atoms with Gasteiger partial charge < -0.3 is 19.5 Å². The van der Waals surface area contributed by atoms with E-state index in [4.69, 9.17) is 28.6 Å². The first kappa shape index (κ1) is 20.3. The predicted octanol–water partition coefficient (Wildman–Crippen LogP) is 5.84. The molecule has 2 aliphatic rings. The van der Waals surface area contributed by atoms with Crippen LogP contribution in [0.5, 0.6) is 5.75 Å². The Hall–Kier alpha value is -2.57. The molecule has 160 valence electrons. The van der Waals surface area contributed by atoms with Crippen molar-refractivity contribution in [2.45, 2.75) is 43.8 Å². The average molecular weight is 453 g/mol. The second kappa shape index (κ2) is 8.52. The zero-order valence-corrected chi connectivity index (χ0v) is 18.9. The second-order valence-electron chi connectivity index (χ2n) is 8.15. The van der Waals surface area contributed by atoms with Gasteiger partial charge >= 0.3 is 0 Å². The van der Waals surface area contributed by atoms with Crippen molar-refractivity contribution in [1.82, 2.24) is 14.9 Å². The highest BCUT2D eigenvalue weighted by Crippen LogP contribution is 2.43. The molecule has 0 bridgehead atoms. The Labute approximate surface area is 193 Å². The summed E-state index contributed by atoms with van der Waals surface area (Å²) in [7, 11) is 1.62. The predicted molar refractivity (Wildman–Crippen MR) is 128 cm³/mol. The molecule has 1 aromatic carbocycles. The molecule has 0 radical (unpaired) electrons. The summed E-state index contributed by atoms with van der Waals surface area (Å²) in [5, 5.41) is 4.73. The minimum atomic E-state index is -0.0611. The molecule has 3 aromatic rings. The molecular formula is C24H25ClN4OS. The van der Waals surface area contributed by atoms with E-state index in [1.807, 2.05) is 42.6 Å². The molecule has 3 heterocycles. The summed E-state index contributed by atoms with van der Waals surface area (Å²) in [4.78, 5) is 6.77. The number of ether oxygens (including phenoxy) is 1. The van der Waals surface area contributed by atoms with Crippen molar-refractivity contribution in [2.24, 2.45) is 0 Å². The van der Waals surface area contributed by atoms with E-state index < -0.39 is 0 Å². The Morgan fingerprint density at radius 1 is 1.16 bits per heavy atom. The number of hydrogen-bond donors (Lipinski definition) is 1. The minimum absolute atomic E-state index is 0.0329. The highest BCUT2D eigenvalue weighted by atomic mass is 35.5. The van der Waals surface area contributed by atoms with Gasteiger partial charge in [-0.1, -0.05) is 30.5 Å². The van der Waals surface area contributed by atoms with Crippen LogP contribution < -0.4 is 15.0 Å². The SMILES string of the molecule is COc1ccc(N2C(=S)NC(c3ccccn3)C2c2ccn(C3CCCC3)c2)cc1Cl. The Morgan fingerprint density at radius 3 is 2.71 bits per heavy atom. The van der Waals surface area contributed by atoms with Crippen LogP contribution in [-0.4, -0.2) is 21.8 Å². The first-order valence-corrected chi connectivity index (χ1v) is 11.5. The van der Waals surface area contributed by atoms with Crippen LogP contribution in [0.3, 0.4) is 0 Å². The van der Waals surface area contributed by atoms with E-state index in [-0.39, 0.29) is 12.1 Å². The standard InChI is InChI=1S/C24H25ClN4OS/c1-30-21-10-9-18(14-19(21)25)29-23(16-11-13-28(15-16)17-6-2-3-7-17)22(27-24(29)31)20-8-4-5-12-26-20/h4-5,8-15,17,22-23H,2-3,6-7H2,1H3,(H,27,31). The first-order valence-electron chi connectivity index (χ1n) is 10.7. The van der Waals surface area contributed by atoms with Gasteiger partial charge in [-0.25, -0.2) is 0 Å². The lowest BCUT2D eigenvalue weighted by molar-refractivity contribution is 0.415. The van der Waals surface area contributed by atoms with Crippen molar-refractivity contribution in [1.29, 1.82) is 0 Å². The maximum atomic E-state index is 6.46. The molecule has 1 aliphatic heterocycles. The number of nitrogens with zero attached hydrogens (tertiary/aromatic N) is 3. The number of methoxy groups -OCH3 is 1. The van der Waals surface area contributed by atoms with Gasteiger partial charge in [-0.05, 0) is 67.0 Å². The summed E-state index contributed by atoms with van der Waals surface area (Å²) in [6.07, 6.45) is 11.4. The van der Waals surface area contributed by atoms with Crippen molar-refractivity contribution >= 4 is 34.6 Å². The van der Waals surface area contributed by atoms with E-state index in [2.05, 4.69) is 38.2 Å². The Kier molecular flexibility index (Phi) is 5.59. The molecule has 2 atom stereocenters. The lowest BCUT2D eigenvalue weighted by atomic mass is 9.98. The summed E-state index contributed by atoms with van der Waals surface area (Å²) in [6, 6.07) is 14.5. The van der Waals surface area contributed by atoms with E-state index in [9.17, 15) is 0 Å². The number of thiocarbonyl (C=S) groups is 1. The summed E-state index contributed by atoms with van der Waals surface area (Å²) in [6.45, 7) is 0. The number of hydrogen-bond acceptors (Lipinski definition) is 3. The molecule has 1 saturated carbocycles. The van der Waals surface area contributed by atoms with Crippen molar-refractivity contribution in [3.05, 3.63) is 77.3 Å². The zero-order valence-electron chi connectivity index (χ0n) is 17.4.